The third kappa shape index (κ3) is 6.09. The van der Waals surface area contributed by atoms with E-state index in [1.54, 1.807) is 20.8 Å². The third-order valence-corrected chi connectivity index (χ3v) is 7.18. The molecule has 0 spiro atoms. The van der Waals surface area contributed by atoms with E-state index in [9.17, 15) is 39.6 Å². The fourth-order valence-corrected chi connectivity index (χ4v) is 5.02. The maximum Gasteiger partial charge on any atom is 0.534 e. The van der Waals surface area contributed by atoms with Crippen LogP contribution in [0.2, 0.25) is 0 Å². The summed E-state index contributed by atoms with van der Waals surface area (Å²) in [4.78, 5) is 17.8. The predicted molar refractivity (Wildman–Crippen MR) is 132 cm³/mol. The molecule has 4 heterocycles. The van der Waals surface area contributed by atoms with E-state index >= 15 is 0 Å². The van der Waals surface area contributed by atoms with Crippen molar-refractivity contribution in [2.75, 3.05) is 6.54 Å². The van der Waals surface area contributed by atoms with Crippen LogP contribution in [0.15, 0.2) is 30.4 Å². The molecule has 3 aromatic rings. The fraction of sp³-hybridized carbons (Fsp3) is 0.348. The van der Waals surface area contributed by atoms with E-state index in [1.165, 1.54) is 15.6 Å². The summed E-state index contributed by atoms with van der Waals surface area (Å²) >= 11 is 0.210. The minimum absolute atomic E-state index is 0.00711. The lowest BCUT2D eigenvalue weighted by molar-refractivity contribution is -0.0500. The van der Waals surface area contributed by atoms with Gasteiger partial charge in [0, 0.05) is 23.6 Å². The molecule has 1 aliphatic rings. The Kier molecular flexibility index (Phi) is 7.66. The summed E-state index contributed by atoms with van der Waals surface area (Å²) in [5, 5.41) is 3.08. The third-order valence-electron chi connectivity index (χ3n) is 5.32. The Bertz CT molecular complexity index is 1640. The van der Waals surface area contributed by atoms with E-state index in [-0.39, 0.29) is 59.6 Å². The Morgan fingerprint density at radius 3 is 2.50 bits per heavy atom. The smallest absolute Gasteiger partial charge is 0.444 e. The number of pyridine rings is 1. The summed E-state index contributed by atoms with van der Waals surface area (Å²) in [6.07, 6.45) is 0.443. The van der Waals surface area contributed by atoms with Gasteiger partial charge in [-0.05, 0) is 39.0 Å². The lowest BCUT2D eigenvalue weighted by Crippen LogP contribution is -2.41. The molecule has 9 nitrogen and oxygen atoms in total. The van der Waals surface area contributed by atoms with Crippen molar-refractivity contribution in [3.63, 3.8) is 0 Å². The Labute approximate surface area is 227 Å². The summed E-state index contributed by atoms with van der Waals surface area (Å²) in [5.74, 6) is -2.29. The molecule has 1 amide bonds. The summed E-state index contributed by atoms with van der Waals surface area (Å²) in [6.45, 7) is 5.44. The van der Waals surface area contributed by atoms with Crippen molar-refractivity contribution in [3.05, 3.63) is 46.8 Å². The van der Waals surface area contributed by atoms with Crippen LogP contribution >= 0.6 is 11.3 Å². The van der Waals surface area contributed by atoms with Gasteiger partial charge < -0.3 is 13.8 Å². The number of carbonyl (C=O) groups excluding carboxylic acids is 1. The van der Waals surface area contributed by atoms with E-state index in [0.29, 0.717) is 11.8 Å². The molecule has 17 heteroatoms. The standard InChI is InChI=1S/C23H20F6N4O5S2/c1-22(2,3)37-21(34)32-6-7-33-13(11-32)9-16(31-33)18-14(8-12(25)4-5-24)15-10-17(26)39-19(15)20(30-18)38-40(35,36)23(27,28)29/h4-5,8-10H,6-7,11H2,1-3H3/b5-4+,12-8?. The molecule has 0 bridgehead atoms. The van der Waals surface area contributed by atoms with Crippen LogP contribution in [0.25, 0.3) is 27.6 Å². The normalized spacial score (nSPS) is 15.1. The van der Waals surface area contributed by atoms with Crippen molar-refractivity contribution >= 4 is 43.7 Å². The van der Waals surface area contributed by atoms with Crippen molar-refractivity contribution < 1.29 is 48.5 Å². The average Bonchev–Trinajstić information content (AvgIpc) is 3.41. The first kappa shape index (κ1) is 29.4. The second-order valence-electron chi connectivity index (χ2n) is 9.42. The van der Waals surface area contributed by atoms with Crippen LogP contribution < -0.4 is 4.18 Å². The van der Waals surface area contributed by atoms with Gasteiger partial charge in [-0.3, -0.25) is 4.68 Å². The molecule has 0 atom stereocenters. The number of thiophene rings is 1. The zero-order chi connectivity index (χ0) is 29.6. The first-order valence-corrected chi connectivity index (χ1v) is 13.5. The molecule has 40 heavy (non-hydrogen) atoms. The van der Waals surface area contributed by atoms with Gasteiger partial charge in [0.15, 0.2) is 5.13 Å². The fourth-order valence-electron chi connectivity index (χ4n) is 3.72. The molecule has 0 radical (unpaired) electrons. The second-order valence-corrected chi connectivity index (χ2v) is 12.0. The quantitative estimate of drug-likeness (QED) is 0.150. The van der Waals surface area contributed by atoms with Crippen LogP contribution in [0.1, 0.15) is 32.0 Å². The maximum atomic E-state index is 14.4. The topological polar surface area (TPSA) is 104 Å². The Morgan fingerprint density at radius 2 is 1.88 bits per heavy atom. The predicted octanol–water partition coefficient (Wildman–Crippen LogP) is 6.07. The first-order valence-electron chi connectivity index (χ1n) is 11.3. The summed E-state index contributed by atoms with van der Waals surface area (Å²) in [7, 11) is -6.22. The van der Waals surface area contributed by atoms with Crippen LogP contribution in [0.5, 0.6) is 5.88 Å². The highest BCUT2D eigenvalue weighted by Gasteiger charge is 2.49. The number of aromatic nitrogens is 3. The SMILES string of the molecule is CC(C)(C)OC(=O)N1CCn2nc(-c3nc(OS(=O)(=O)C(F)(F)F)c4sc(F)cc4c3C=C(F)/C=C/F)cc2C1. The van der Waals surface area contributed by atoms with Gasteiger partial charge in [0.05, 0.1) is 25.1 Å². The molecule has 0 saturated carbocycles. The van der Waals surface area contributed by atoms with Crippen molar-refractivity contribution in [1.82, 2.24) is 19.7 Å². The number of rotatable bonds is 5. The highest BCUT2D eigenvalue weighted by molar-refractivity contribution is 7.88. The number of halogens is 6. The summed E-state index contributed by atoms with van der Waals surface area (Å²) in [6, 6.07) is 2.20. The monoisotopic (exact) mass is 610 g/mol. The number of carbonyl (C=O) groups is 1. The lowest BCUT2D eigenvalue weighted by atomic mass is 10.1. The molecule has 0 aliphatic carbocycles. The molecule has 0 aromatic carbocycles. The minimum atomic E-state index is -6.22. The Hall–Kier alpha value is -3.60. The van der Waals surface area contributed by atoms with Gasteiger partial charge in [-0.1, -0.05) is 0 Å². The van der Waals surface area contributed by atoms with E-state index < -0.39 is 48.9 Å². The molecule has 0 unspecified atom stereocenters. The molecule has 1 aliphatic heterocycles. The van der Waals surface area contributed by atoms with Gasteiger partial charge in [-0.2, -0.15) is 31.1 Å². The van der Waals surface area contributed by atoms with Crippen molar-refractivity contribution in [2.45, 2.75) is 45.0 Å². The van der Waals surface area contributed by atoms with Gasteiger partial charge in [0.2, 0.25) is 0 Å². The van der Waals surface area contributed by atoms with Crippen LogP contribution in [0.4, 0.5) is 31.1 Å². The summed E-state index contributed by atoms with van der Waals surface area (Å²) in [5.41, 5.74) is -6.87. The van der Waals surface area contributed by atoms with Crippen LogP contribution in [0.3, 0.4) is 0 Å². The molecule has 216 valence electrons. The van der Waals surface area contributed by atoms with E-state index in [4.69, 9.17) is 4.74 Å². The molecule has 4 rings (SSSR count). The highest BCUT2D eigenvalue weighted by atomic mass is 32.2. The zero-order valence-electron chi connectivity index (χ0n) is 20.9. The number of ether oxygens (including phenoxy) is 1. The van der Waals surface area contributed by atoms with Gasteiger partial charge >= 0.3 is 21.7 Å². The molecule has 3 aromatic heterocycles. The minimum Gasteiger partial charge on any atom is -0.444 e. The Balaban J connectivity index is 1.88. The number of fused-ring (bicyclic) bond motifs is 2. The van der Waals surface area contributed by atoms with E-state index in [1.807, 2.05) is 0 Å². The zero-order valence-corrected chi connectivity index (χ0v) is 22.6. The summed E-state index contributed by atoms with van der Waals surface area (Å²) < 4.78 is 115. The van der Waals surface area contributed by atoms with Crippen molar-refractivity contribution in [1.29, 1.82) is 0 Å². The van der Waals surface area contributed by atoms with Gasteiger partial charge in [-0.15, -0.1) is 11.3 Å². The van der Waals surface area contributed by atoms with E-state index in [0.717, 1.165) is 12.1 Å². The van der Waals surface area contributed by atoms with Gasteiger partial charge in [0.25, 0.3) is 5.88 Å². The lowest BCUT2D eigenvalue weighted by Gasteiger charge is -2.30. The molecule has 0 fully saturated rings. The van der Waals surface area contributed by atoms with Crippen LogP contribution in [-0.2, 0) is 27.9 Å². The molecular formula is C23H20F6N4O5S2. The first-order chi connectivity index (χ1) is 18.5. The van der Waals surface area contributed by atoms with Crippen molar-refractivity contribution in [2.24, 2.45) is 0 Å². The Morgan fingerprint density at radius 1 is 1.18 bits per heavy atom. The molecule has 0 N–H and O–H groups in total. The van der Waals surface area contributed by atoms with Crippen LogP contribution in [-0.4, -0.2) is 51.8 Å². The number of hydrogen-bond donors (Lipinski definition) is 0. The number of nitrogens with zero attached hydrogens (tertiary/aromatic N) is 4. The number of hydrogen-bond acceptors (Lipinski definition) is 8. The molecule has 0 saturated heterocycles. The largest absolute Gasteiger partial charge is 0.534 e. The average molecular weight is 611 g/mol. The molecular weight excluding hydrogens is 590 g/mol. The van der Waals surface area contributed by atoms with E-state index in [2.05, 4.69) is 14.3 Å². The second kappa shape index (κ2) is 10.4. The van der Waals surface area contributed by atoms with Crippen molar-refractivity contribution in [3.8, 4) is 17.3 Å². The number of allylic oxidation sites excluding steroid dienone is 2. The number of amides is 1. The van der Waals surface area contributed by atoms with Crippen LogP contribution in [0, 0.1) is 5.13 Å². The highest BCUT2D eigenvalue weighted by Crippen LogP contribution is 2.41. The van der Waals surface area contributed by atoms with Gasteiger partial charge in [-0.25, -0.2) is 18.6 Å². The maximum absolute atomic E-state index is 14.4. The number of alkyl halides is 3. The van der Waals surface area contributed by atoms with Gasteiger partial charge in [0.1, 0.15) is 27.5 Å².